The van der Waals surface area contributed by atoms with Gasteiger partial charge in [-0.1, -0.05) is 35.9 Å². The average molecular weight is 318 g/mol. The standard InChI is InChI=1S/C18H17ClFNO/c19-15-6-1-4-13(10-15)11-18(22)21-9-3-8-17(21)14-5-2-7-16(20)12-14/h1-2,4-7,10,12,17H,3,8-9,11H2/t17-/m1/s1. The summed E-state index contributed by atoms with van der Waals surface area (Å²) in [4.78, 5) is 14.4. The van der Waals surface area contributed by atoms with Crippen LogP contribution in [0.2, 0.25) is 5.02 Å². The van der Waals surface area contributed by atoms with E-state index in [1.165, 1.54) is 12.1 Å². The molecule has 2 nitrogen and oxygen atoms in total. The van der Waals surface area contributed by atoms with Gasteiger partial charge < -0.3 is 4.90 Å². The molecular formula is C18H17ClFNO. The van der Waals surface area contributed by atoms with Crippen molar-refractivity contribution in [2.75, 3.05) is 6.54 Å². The van der Waals surface area contributed by atoms with Gasteiger partial charge in [-0.2, -0.15) is 0 Å². The molecule has 0 aliphatic carbocycles. The van der Waals surface area contributed by atoms with Crippen LogP contribution in [0.3, 0.4) is 0 Å². The maximum Gasteiger partial charge on any atom is 0.227 e. The van der Waals surface area contributed by atoms with Crippen molar-refractivity contribution in [3.63, 3.8) is 0 Å². The van der Waals surface area contributed by atoms with Crippen LogP contribution in [-0.2, 0) is 11.2 Å². The van der Waals surface area contributed by atoms with Crippen molar-refractivity contribution < 1.29 is 9.18 Å². The van der Waals surface area contributed by atoms with Gasteiger partial charge in [-0.25, -0.2) is 4.39 Å². The third-order valence-electron chi connectivity index (χ3n) is 4.05. The van der Waals surface area contributed by atoms with Gasteiger partial charge in [0.25, 0.3) is 0 Å². The molecule has 4 heteroatoms. The van der Waals surface area contributed by atoms with Crippen LogP contribution in [0.1, 0.15) is 30.0 Å². The van der Waals surface area contributed by atoms with E-state index in [0.717, 1.165) is 30.5 Å². The molecule has 1 aliphatic rings. The lowest BCUT2D eigenvalue weighted by Gasteiger charge is -2.25. The lowest BCUT2D eigenvalue weighted by molar-refractivity contribution is -0.131. The fourth-order valence-electron chi connectivity index (χ4n) is 3.05. The first-order valence-electron chi connectivity index (χ1n) is 7.43. The van der Waals surface area contributed by atoms with Crippen LogP contribution in [0.4, 0.5) is 4.39 Å². The number of nitrogens with zero attached hydrogens (tertiary/aromatic N) is 1. The summed E-state index contributed by atoms with van der Waals surface area (Å²) in [7, 11) is 0. The number of halogens is 2. The minimum absolute atomic E-state index is 0.0256. The molecule has 0 aromatic heterocycles. The Labute approximate surface area is 134 Å². The Morgan fingerprint density at radius 3 is 2.82 bits per heavy atom. The molecule has 3 rings (SSSR count). The van der Waals surface area contributed by atoms with Gasteiger partial charge in [-0.3, -0.25) is 4.79 Å². The molecule has 1 saturated heterocycles. The maximum atomic E-state index is 13.4. The van der Waals surface area contributed by atoms with Crippen molar-refractivity contribution in [1.29, 1.82) is 0 Å². The van der Waals surface area contributed by atoms with Crippen LogP contribution < -0.4 is 0 Å². The Balaban J connectivity index is 1.76. The van der Waals surface area contributed by atoms with Gasteiger partial charge in [0, 0.05) is 11.6 Å². The summed E-state index contributed by atoms with van der Waals surface area (Å²) in [6.07, 6.45) is 2.15. The van der Waals surface area contributed by atoms with Gasteiger partial charge >= 0.3 is 0 Å². The monoisotopic (exact) mass is 317 g/mol. The summed E-state index contributed by atoms with van der Waals surface area (Å²) < 4.78 is 13.4. The molecule has 1 heterocycles. The summed E-state index contributed by atoms with van der Waals surface area (Å²) >= 11 is 5.96. The van der Waals surface area contributed by atoms with Gasteiger partial charge in [0.15, 0.2) is 0 Å². The topological polar surface area (TPSA) is 20.3 Å². The van der Waals surface area contributed by atoms with Crippen LogP contribution in [-0.4, -0.2) is 17.4 Å². The SMILES string of the molecule is O=C(Cc1cccc(Cl)c1)N1CCC[C@@H]1c1cccc(F)c1. The van der Waals surface area contributed by atoms with Crippen LogP contribution in [0.25, 0.3) is 0 Å². The zero-order chi connectivity index (χ0) is 15.5. The van der Waals surface area contributed by atoms with Gasteiger partial charge in [0.2, 0.25) is 5.91 Å². The lowest BCUT2D eigenvalue weighted by Crippen LogP contribution is -2.31. The number of likely N-dealkylation sites (tertiary alicyclic amines) is 1. The number of carbonyl (C=O) groups is 1. The third kappa shape index (κ3) is 3.30. The molecule has 114 valence electrons. The van der Waals surface area contributed by atoms with E-state index in [1.54, 1.807) is 12.1 Å². The van der Waals surface area contributed by atoms with Gasteiger partial charge in [0.05, 0.1) is 12.5 Å². The number of benzene rings is 2. The summed E-state index contributed by atoms with van der Waals surface area (Å²) in [5.41, 5.74) is 1.78. The average Bonchev–Trinajstić information content (AvgIpc) is 2.97. The van der Waals surface area contributed by atoms with Crippen molar-refractivity contribution in [2.45, 2.75) is 25.3 Å². The van der Waals surface area contributed by atoms with Gasteiger partial charge in [0.1, 0.15) is 5.82 Å². The first-order chi connectivity index (χ1) is 10.6. The molecule has 1 fully saturated rings. The molecule has 1 atom stereocenters. The summed E-state index contributed by atoms with van der Waals surface area (Å²) in [5, 5.41) is 0.633. The Bertz CT molecular complexity index is 688. The van der Waals surface area contributed by atoms with E-state index in [1.807, 2.05) is 29.2 Å². The molecule has 1 aliphatic heterocycles. The highest BCUT2D eigenvalue weighted by Gasteiger charge is 2.29. The van der Waals surface area contributed by atoms with E-state index in [9.17, 15) is 9.18 Å². The first-order valence-corrected chi connectivity index (χ1v) is 7.80. The van der Waals surface area contributed by atoms with Crippen LogP contribution in [0.15, 0.2) is 48.5 Å². The summed E-state index contributed by atoms with van der Waals surface area (Å²) in [6.45, 7) is 0.723. The largest absolute Gasteiger partial charge is 0.335 e. The molecule has 0 bridgehead atoms. The zero-order valence-corrected chi connectivity index (χ0v) is 12.9. The van der Waals surface area contributed by atoms with E-state index in [2.05, 4.69) is 0 Å². The molecule has 0 radical (unpaired) electrons. The molecule has 0 unspecified atom stereocenters. The number of carbonyl (C=O) groups excluding carboxylic acids is 1. The smallest absolute Gasteiger partial charge is 0.227 e. The molecule has 2 aromatic rings. The van der Waals surface area contributed by atoms with E-state index >= 15 is 0 Å². The van der Waals surface area contributed by atoms with Crippen molar-refractivity contribution in [2.24, 2.45) is 0 Å². The maximum absolute atomic E-state index is 13.4. The summed E-state index contributed by atoms with van der Waals surface area (Å²) in [6, 6.07) is 13.9. The second-order valence-corrected chi connectivity index (χ2v) is 6.04. The number of hydrogen-bond donors (Lipinski definition) is 0. The van der Waals surface area contributed by atoms with Crippen molar-refractivity contribution in [3.8, 4) is 0 Å². The Morgan fingerprint density at radius 2 is 2.05 bits per heavy atom. The van der Waals surface area contributed by atoms with Crippen LogP contribution in [0.5, 0.6) is 0 Å². The van der Waals surface area contributed by atoms with E-state index in [0.29, 0.717) is 11.4 Å². The molecule has 0 spiro atoms. The fraction of sp³-hybridized carbons (Fsp3) is 0.278. The minimum atomic E-state index is -0.258. The highest BCUT2D eigenvalue weighted by molar-refractivity contribution is 6.30. The van der Waals surface area contributed by atoms with E-state index in [4.69, 9.17) is 11.6 Å². The van der Waals surface area contributed by atoms with Crippen molar-refractivity contribution >= 4 is 17.5 Å². The number of amides is 1. The normalized spacial score (nSPS) is 17.7. The Morgan fingerprint density at radius 1 is 1.23 bits per heavy atom. The first kappa shape index (κ1) is 15.0. The molecule has 0 N–H and O–H groups in total. The van der Waals surface area contributed by atoms with Gasteiger partial charge in [-0.15, -0.1) is 0 Å². The van der Waals surface area contributed by atoms with Crippen LogP contribution >= 0.6 is 11.6 Å². The minimum Gasteiger partial charge on any atom is -0.335 e. The molecule has 1 amide bonds. The van der Waals surface area contributed by atoms with Gasteiger partial charge in [-0.05, 0) is 48.2 Å². The van der Waals surface area contributed by atoms with Crippen molar-refractivity contribution in [3.05, 3.63) is 70.5 Å². The highest BCUT2D eigenvalue weighted by atomic mass is 35.5. The third-order valence-corrected chi connectivity index (χ3v) is 4.29. The zero-order valence-electron chi connectivity index (χ0n) is 12.1. The lowest BCUT2D eigenvalue weighted by atomic mass is 10.0. The number of hydrogen-bond acceptors (Lipinski definition) is 1. The quantitative estimate of drug-likeness (QED) is 0.822. The summed E-state index contributed by atoms with van der Waals surface area (Å²) in [5.74, 6) is -0.194. The molecule has 22 heavy (non-hydrogen) atoms. The number of rotatable bonds is 3. The second kappa shape index (κ2) is 6.49. The molecule has 0 saturated carbocycles. The Kier molecular flexibility index (Phi) is 4.44. The van der Waals surface area contributed by atoms with Crippen molar-refractivity contribution in [1.82, 2.24) is 4.90 Å². The molecular weight excluding hydrogens is 301 g/mol. The van der Waals surface area contributed by atoms with E-state index in [-0.39, 0.29) is 17.8 Å². The highest BCUT2D eigenvalue weighted by Crippen LogP contribution is 2.32. The predicted molar refractivity (Wildman–Crippen MR) is 85.2 cm³/mol. The second-order valence-electron chi connectivity index (χ2n) is 5.61. The van der Waals surface area contributed by atoms with E-state index < -0.39 is 0 Å². The fourth-order valence-corrected chi connectivity index (χ4v) is 3.26. The Hall–Kier alpha value is -1.87. The predicted octanol–water partition coefficient (Wildman–Crippen LogP) is 4.39. The molecule has 2 aromatic carbocycles. The van der Waals surface area contributed by atoms with Crippen LogP contribution in [0, 0.1) is 5.82 Å².